The first-order valence-corrected chi connectivity index (χ1v) is 9.40. The number of halogens is 3. The number of aromatic nitrogens is 2. The van der Waals surface area contributed by atoms with Crippen LogP contribution in [0.5, 0.6) is 0 Å². The molecule has 6 nitrogen and oxygen atoms in total. The van der Waals surface area contributed by atoms with Crippen molar-refractivity contribution in [2.75, 3.05) is 0 Å². The van der Waals surface area contributed by atoms with Crippen LogP contribution in [0.25, 0.3) is 5.69 Å². The molecular formula is C22H21F3N4O2. The van der Waals surface area contributed by atoms with Crippen molar-refractivity contribution in [3.8, 4) is 5.69 Å². The van der Waals surface area contributed by atoms with Gasteiger partial charge in [-0.15, -0.1) is 0 Å². The quantitative estimate of drug-likeness (QED) is 0.610. The van der Waals surface area contributed by atoms with Crippen molar-refractivity contribution >= 4 is 11.8 Å². The van der Waals surface area contributed by atoms with E-state index in [4.69, 9.17) is 0 Å². The van der Waals surface area contributed by atoms with Crippen LogP contribution < -0.4 is 10.9 Å². The minimum absolute atomic E-state index is 0.101. The van der Waals surface area contributed by atoms with Crippen LogP contribution in [0.4, 0.5) is 13.2 Å². The fraction of sp³-hybridized carbons (Fsp3) is 0.227. The number of rotatable bonds is 3. The van der Waals surface area contributed by atoms with Gasteiger partial charge in [0.05, 0.1) is 17.4 Å². The Labute approximate surface area is 177 Å². The molecule has 0 aliphatic rings. The van der Waals surface area contributed by atoms with Gasteiger partial charge < -0.3 is 0 Å². The number of amides is 2. The summed E-state index contributed by atoms with van der Waals surface area (Å²) in [5.74, 6) is -1.79. The van der Waals surface area contributed by atoms with Crippen LogP contribution in [-0.4, -0.2) is 21.6 Å². The third-order valence-electron chi connectivity index (χ3n) is 4.59. The first-order valence-electron chi connectivity index (χ1n) is 9.40. The monoisotopic (exact) mass is 430 g/mol. The molecule has 1 heterocycles. The molecule has 9 heteroatoms. The number of hydrazine groups is 1. The highest BCUT2D eigenvalue weighted by molar-refractivity contribution is 5.99. The van der Waals surface area contributed by atoms with Crippen molar-refractivity contribution in [3.05, 3.63) is 83.2 Å². The molecule has 0 fully saturated rings. The van der Waals surface area contributed by atoms with Crippen LogP contribution in [0.1, 0.15) is 52.7 Å². The lowest BCUT2D eigenvalue weighted by Gasteiger charge is -2.19. The molecule has 0 spiro atoms. The molecular weight excluding hydrogens is 409 g/mol. The second kappa shape index (κ2) is 8.25. The molecule has 3 aromatic rings. The fourth-order valence-corrected chi connectivity index (χ4v) is 2.93. The zero-order chi connectivity index (χ0) is 22.8. The molecule has 31 heavy (non-hydrogen) atoms. The summed E-state index contributed by atoms with van der Waals surface area (Å²) in [5.41, 5.74) is 3.54. The van der Waals surface area contributed by atoms with Gasteiger partial charge >= 0.3 is 6.18 Å². The van der Waals surface area contributed by atoms with Gasteiger partial charge in [-0.3, -0.25) is 20.4 Å². The Morgan fingerprint density at radius 1 is 0.871 bits per heavy atom. The van der Waals surface area contributed by atoms with Crippen LogP contribution >= 0.6 is 0 Å². The summed E-state index contributed by atoms with van der Waals surface area (Å²) in [6.07, 6.45) is -4.03. The standard InChI is InChI=1S/C22H21F3N4O2/c1-21(2,3)15-11-9-14(10-12-15)19(30)27-28-20(31)17-13-26-29(18(17)22(23,24)25)16-7-5-4-6-8-16/h4-13H,1-3H3,(H,27,30)(H,28,31). The Balaban J connectivity index is 1.78. The summed E-state index contributed by atoms with van der Waals surface area (Å²) in [6.45, 7) is 6.07. The predicted molar refractivity (Wildman–Crippen MR) is 109 cm³/mol. The van der Waals surface area contributed by atoms with Gasteiger partial charge in [-0.25, -0.2) is 4.68 Å². The molecule has 0 saturated heterocycles. The van der Waals surface area contributed by atoms with E-state index in [2.05, 4.69) is 10.5 Å². The number of para-hydroxylation sites is 1. The van der Waals surface area contributed by atoms with E-state index in [0.29, 0.717) is 4.68 Å². The maximum Gasteiger partial charge on any atom is 0.434 e. The molecule has 1 aromatic heterocycles. The SMILES string of the molecule is CC(C)(C)c1ccc(C(=O)NNC(=O)c2cnn(-c3ccccc3)c2C(F)(F)F)cc1. The normalized spacial score (nSPS) is 11.8. The molecule has 0 unspecified atom stereocenters. The molecule has 2 amide bonds. The number of benzene rings is 2. The van der Waals surface area contributed by atoms with E-state index in [0.717, 1.165) is 11.8 Å². The second-order valence-corrected chi connectivity index (χ2v) is 7.89. The Bertz CT molecular complexity index is 1080. The molecule has 0 saturated carbocycles. The van der Waals surface area contributed by atoms with Crippen molar-refractivity contribution < 1.29 is 22.8 Å². The third kappa shape index (κ3) is 4.93. The topological polar surface area (TPSA) is 76.0 Å². The first kappa shape index (κ1) is 22.1. The van der Waals surface area contributed by atoms with Crippen molar-refractivity contribution in [3.63, 3.8) is 0 Å². The molecule has 3 rings (SSSR count). The van der Waals surface area contributed by atoms with E-state index in [1.807, 2.05) is 26.2 Å². The summed E-state index contributed by atoms with van der Waals surface area (Å²) in [6, 6.07) is 14.4. The van der Waals surface area contributed by atoms with Gasteiger partial charge in [0.1, 0.15) is 0 Å². The molecule has 162 valence electrons. The van der Waals surface area contributed by atoms with Crippen molar-refractivity contribution in [1.29, 1.82) is 0 Å². The maximum atomic E-state index is 13.7. The highest BCUT2D eigenvalue weighted by atomic mass is 19.4. The van der Waals surface area contributed by atoms with Crippen LogP contribution in [-0.2, 0) is 11.6 Å². The number of nitrogens with zero attached hydrogens (tertiary/aromatic N) is 2. The van der Waals surface area contributed by atoms with E-state index >= 15 is 0 Å². The molecule has 0 radical (unpaired) electrons. The summed E-state index contributed by atoms with van der Waals surface area (Å²) >= 11 is 0. The van der Waals surface area contributed by atoms with E-state index in [-0.39, 0.29) is 16.7 Å². The summed E-state index contributed by atoms with van der Waals surface area (Å²) in [5, 5.41) is 3.71. The molecule has 0 bridgehead atoms. The zero-order valence-corrected chi connectivity index (χ0v) is 17.1. The minimum Gasteiger partial charge on any atom is -0.267 e. The Kier molecular flexibility index (Phi) is 5.88. The largest absolute Gasteiger partial charge is 0.434 e. The predicted octanol–water partition coefficient (Wildman–Crippen LogP) is 4.26. The van der Waals surface area contributed by atoms with Gasteiger partial charge in [-0.1, -0.05) is 51.1 Å². The zero-order valence-electron chi connectivity index (χ0n) is 17.1. The van der Waals surface area contributed by atoms with E-state index in [9.17, 15) is 22.8 Å². The molecule has 0 aliphatic heterocycles. The lowest BCUT2D eigenvalue weighted by molar-refractivity contribution is -0.143. The van der Waals surface area contributed by atoms with Gasteiger partial charge in [0.2, 0.25) is 0 Å². The number of nitrogens with one attached hydrogen (secondary N) is 2. The Morgan fingerprint density at radius 3 is 2.00 bits per heavy atom. The van der Waals surface area contributed by atoms with E-state index < -0.39 is 29.2 Å². The smallest absolute Gasteiger partial charge is 0.267 e. The molecule has 0 aliphatic carbocycles. The number of hydrogen-bond acceptors (Lipinski definition) is 3. The van der Waals surface area contributed by atoms with Gasteiger partial charge in [0.25, 0.3) is 11.8 Å². The average molecular weight is 430 g/mol. The van der Waals surface area contributed by atoms with Crippen molar-refractivity contribution in [1.82, 2.24) is 20.6 Å². The number of carbonyl (C=O) groups excluding carboxylic acids is 2. The minimum atomic E-state index is -4.84. The summed E-state index contributed by atoms with van der Waals surface area (Å²) in [7, 11) is 0. The average Bonchev–Trinajstić information content (AvgIpc) is 3.18. The van der Waals surface area contributed by atoms with Crippen LogP contribution in [0, 0.1) is 0 Å². The summed E-state index contributed by atoms with van der Waals surface area (Å²) < 4.78 is 41.6. The van der Waals surface area contributed by atoms with Gasteiger partial charge in [-0.2, -0.15) is 18.3 Å². The molecule has 0 atom stereocenters. The van der Waals surface area contributed by atoms with Gasteiger partial charge in [-0.05, 0) is 35.2 Å². The van der Waals surface area contributed by atoms with Crippen LogP contribution in [0.15, 0.2) is 60.8 Å². The highest BCUT2D eigenvalue weighted by Gasteiger charge is 2.40. The number of alkyl halides is 3. The van der Waals surface area contributed by atoms with Crippen LogP contribution in [0.2, 0.25) is 0 Å². The number of carbonyl (C=O) groups is 2. The molecule has 2 aromatic carbocycles. The van der Waals surface area contributed by atoms with Crippen molar-refractivity contribution in [2.45, 2.75) is 32.4 Å². The van der Waals surface area contributed by atoms with E-state index in [1.54, 1.807) is 42.5 Å². The molecule has 2 N–H and O–H groups in total. The fourth-order valence-electron chi connectivity index (χ4n) is 2.93. The highest BCUT2D eigenvalue weighted by Crippen LogP contribution is 2.33. The summed E-state index contributed by atoms with van der Waals surface area (Å²) in [4.78, 5) is 24.7. The second-order valence-electron chi connectivity index (χ2n) is 7.89. The Hall–Kier alpha value is -3.62. The lowest BCUT2D eigenvalue weighted by atomic mass is 9.87. The van der Waals surface area contributed by atoms with E-state index in [1.165, 1.54) is 12.1 Å². The van der Waals surface area contributed by atoms with Crippen molar-refractivity contribution in [2.24, 2.45) is 0 Å². The first-order chi connectivity index (χ1) is 14.5. The van der Waals surface area contributed by atoms with Gasteiger partial charge in [0.15, 0.2) is 5.69 Å². The number of hydrogen-bond donors (Lipinski definition) is 2. The lowest BCUT2D eigenvalue weighted by Crippen LogP contribution is -2.42. The van der Waals surface area contributed by atoms with Gasteiger partial charge in [0, 0.05) is 5.56 Å². The third-order valence-corrected chi connectivity index (χ3v) is 4.59. The van der Waals surface area contributed by atoms with Crippen LogP contribution in [0.3, 0.4) is 0 Å². The Morgan fingerprint density at radius 2 is 1.45 bits per heavy atom. The maximum absolute atomic E-state index is 13.7.